The van der Waals surface area contributed by atoms with Gasteiger partial charge in [0.25, 0.3) is 0 Å². The van der Waals surface area contributed by atoms with Crippen LogP contribution in [0.4, 0.5) is 0 Å². The van der Waals surface area contributed by atoms with Gasteiger partial charge >= 0.3 is 0 Å². The molecule has 1 saturated heterocycles. The Labute approximate surface area is 80.4 Å². The Hall–Kier alpha value is -0.120. The fraction of sp³-hybridized carbons (Fsp3) is 1.00. The molecule has 0 aromatic carbocycles. The Bertz CT molecular complexity index is 170. The van der Waals surface area contributed by atoms with E-state index in [0.717, 1.165) is 6.54 Å². The highest BCUT2D eigenvalue weighted by Gasteiger charge is 2.36. The van der Waals surface area contributed by atoms with Gasteiger partial charge in [-0.15, -0.1) is 0 Å². The second-order valence-electron chi connectivity index (χ2n) is 4.86. The zero-order valence-electron chi connectivity index (χ0n) is 8.82. The average molecular weight is 187 g/mol. The lowest BCUT2D eigenvalue weighted by molar-refractivity contribution is 0.0389. The molecule has 2 atom stereocenters. The zero-order chi connectivity index (χ0) is 10.1. The molecule has 78 valence electrons. The third-order valence-electron chi connectivity index (χ3n) is 2.88. The van der Waals surface area contributed by atoms with Gasteiger partial charge in [0.1, 0.15) is 0 Å². The molecule has 2 unspecified atom stereocenters. The molecule has 13 heavy (non-hydrogen) atoms. The largest absolute Gasteiger partial charge is 0.394 e. The van der Waals surface area contributed by atoms with E-state index in [1.807, 2.05) is 0 Å². The molecule has 0 radical (unpaired) electrons. The van der Waals surface area contributed by atoms with E-state index < -0.39 is 6.10 Å². The van der Waals surface area contributed by atoms with Crippen molar-refractivity contribution < 1.29 is 10.2 Å². The Balaban J connectivity index is 2.50. The van der Waals surface area contributed by atoms with Gasteiger partial charge < -0.3 is 10.2 Å². The Kier molecular flexibility index (Phi) is 3.33. The van der Waals surface area contributed by atoms with Crippen LogP contribution in [0.1, 0.15) is 27.2 Å². The van der Waals surface area contributed by atoms with Crippen LogP contribution in [0.15, 0.2) is 0 Å². The van der Waals surface area contributed by atoms with Crippen LogP contribution >= 0.6 is 0 Å². The van der Waals surface area contributed by atoms with Gasteiger partial charge in [0, 0.05) is 18.6 Å². The van der Waals surface area contributed by atoms with Crippen LogP contribution in [0.25, 0.3) is 0 Å². The number of hydrogen-bond acceptors (Lipinski definition) is 3. The van der Waals surface area contributed by atoms with Crippen molar-refractivity contribution in [2.45, 2.75) is 38.8 Å². The molecule has 0 aromatic rings. The van der Waals surface area contributed by atoms with Gasteiger partial charge in [0.2, 0.25) is 0 Å². The van der Waals surface area contributed by atoms with Crippen LogP contribution in [0.5, 0.6) is 0 Å². The van der Waals surface area contributed by atoms with E-state index in [0.29, 0.717) is 12.5 Å². The molecule has 0 aliphatic carbocycles. The fourth-order valence-corrected chi connectivity index (χ4v) is 2.30. The fourth-order valence-electron chi connectivity index (χ4n) is 2.30. The molecule has 1 aliphatic rings. The van der Waals surface area contributed by atoms with Crippen LogP contribution in [-0.2, 0) is 0 Å². The monoisotopic (exact) mass is 187 g/mol. The molecule has 1 aliphatic heterocycles. The molecule has 1 fully saturated rings. The number of aliphatic hydroxyl groups is 2. The lowest BCUT2D eigenvalue weighted by Crippen LogP contribution is -2.43. The van der Waals surface area contributed by atoms with Crippen molar-refractivity contribution in [1.82, 2.24) is 4.90 Å². The maximum atomic E-state index is 9.35. The van der Waals surface area contributed by atoms with E-state index in [1.54, 1.807) is 0 Å². The minimum atomic E-state index is -0.593. The van der Waals surface area contributed by atoms with E-state index >= 15 is 0 Å². The number of hydrogen-bond donors (Lipinski definition) is 2. The first-order valence-corrected chi connectivity index (χ1v) is 4.99. The summed E-state index contributed by atoms with van der Waals surface area (Å²) >= 11 is 0. The van der Waals surface area contributed by atoms with Crippen LogP contribution in [0, 0.1) is 5.92 Å². The standard InChI is InChI=1S/C10H21NO2/c1-8-4-10(2,3)11(5-8)6-9(13)7-12/h8-9,12-13H,4-7H2,1-3H3. The van der Waals surface area contributed by atoms with Gasteiger partial charge in [-0.05, 0) is 26.2 Å². The molecule has 0 aromatic heterocycles. The number of nitrogens with zero attached hydrogens (tertiary/aromatic N) is 1. The first kappa shape index (κ1) is 11.0. The topological polar surface area (TPSA) is 43.7 Å². The summed E-state index contributed by atoms with van der Waals surface area (Å²) in [6, 6.07) is 0. The number of likely N-dealkylation sites (tertiary alicyclic amines) is 1. The van der Waals surface area contributed by atoms with Gasteiger partial charge in [-0.2, -0.15) is 0 Å². The molecular weight excluding hydrogens is 166 g/mol. The van der Waals surface area contributed by atoms with Crippen LogP contribution in [0.2, 0.25) is 0 Å². The third kappa shape index (κ3) is 2.66. The van der Waals surface area contributed by atoms with Gasteiger partial charge in [-0.25, -0.2) is 0 Å². The molecule has 0 amide bonds. The number of rotatable bonds is 3. The van der Waals surface area contributed by atoms with Crippen LogP contribution in [-0.4, -0.2) is 46.5 Å². The van der Waals surface area contributed by atoms with E-state index in [9.17, 15) is 5.11 Å². The Morgan fingerprint density at radius 3 is 2.54 bits per heavy atom. The summed E-state index contributed by atoms with van der Waals surface area (Å²) in [5.41, 5.74) is 0.176. The van der Waals surface area contributed by atoms with Crippen molar-refractivity contribution >= 4 is 0 Å². The molecule has 0 saturated carbocycles. The number of aliphatic hydroxyl groups excluding tert-OH is 2. The normalized spacial score (nSPS) is 30.7. The molecule has 1 heterocycles. The van der Waals surface area contributed by atoms with Gasteiger partial charge in [-0.1, -0.05) is 6.92 Å². The molecule has 0 spiro atoms. The summed E-state index contributed by atoms with van der Waals surface area (Å²) in [4.78, 5) is 2.26. The van der Waals surface area contributed by atoms with Crippen molar-refractivity contribution in [3.8, 4) is 0 Å². The van der Waals surface area contributed by atoms with E-state index in [4.69, 9.17) is 5.11 Å². The predicted octanol–water partition coefficient (Wildman–Crippen LogP) is 0.460. The summed E-state index contributed by atoms with van der Waals surface area (Å²) in [6.45, 7) is 8.10. The van der Waals surface area contributed by atoms with E-state index in [1.165, 1.54) is 6.42 Å². The lowest BCUT2D eigenvalue weighted by atomic mass is 9.97. The highest BCUT2D eigenvalue weighted by molar-refractivity contribution is 4.91. The summed E-state index contributed by atoms with van der Waals surface area (Å²) in [5, 5.41) is 18.1. The smallest absolute Gasteiger partial charge is 0.0897 e. The maximum absolute atomic E-state index is 9.35. The Morgan fingerprint density at radius 1 is 1.54 bits per heavy atom. The predicted molar refractivity (Wildman–Crippen MR) is 52.5 cm³/mol. The van der Waals surface area contributed by atoms with Crippen LogP contribution < -0.4 is 0 Å². The first-order valence-electron chi connectivity index (χ1n) is 4.99. The zero-order valence-corrected chi connectivity index (χ0v) is 8.82. The maximum Gasteiger partial charge on any atom is 0.0897 e. The second-order valence-corrected chi connectivity index (χ2v) is 4.86. The lowest BCUT2D eigenvalue weighted by Gasteiger charge is -2.32. The second kappa shape index (κ2) is 3.95. The molecule has 3 nitrogen and oxygen atoms in total. The average Bonchev–Trinajstić information content (AvgIpc) is 2.24. The highest BCUT2D eigenvalue weighted by atomic mass is 16.3. The van der Waals surface area contributed by atoms with Crippen molar-refractivity contribution in [2.75, 3.05) is 19.7 Å². The van der Waals surface area contributed by atoms with E-state index in [2.05, 4.69) is 25.7 Å². The number of β-amino-alcohol motifs (C(OH)–C–C–N with tert-alkyl or cyclic N) is 1. The van der Waals surface area contributed by atoms with Crippen molar-refractivity contribution in [3.63, 3.8) is 0 Å². The molecule has 2 N–H and O–H groups in total. The van der Waals surface area contributed by atoms with Gasteiger partial charge in [0.15, 0.2) is 0 Å². The summed E-state index contributed by atoms with van der Waals surface area (Å²) in [6.07, 6.45) is 0.579. The quantitative estimate of drug-likeness (QED) is 0.674. The Morgan fingerprint density at radius 2 is 2.15 bits per heavy atom. The third-order valence-corrected chi connectivity index (χ3v) is 2.88. The summed E-state index contributed by atoms with van der Waals surface area (Å²) in [5.74, 6) is 0.695. The summed E-state index contributed by atoms with van der Waals surface area (Å²) < 4.78 is 0. The molecular formula is C10H21NO2. The first-order chi connectivity index (χ1) is 5.95. The van der Waals surface area contributed by atoms with Crippen molar-refractivity contribution in [1.29, 1.82) is 0 Å². The SMILES string of the molecule is CC1CN(CC(O)CO)C(C)(C)C1. The highest BCUT2D eigenvalue weighted by Crippen LogP contribution is 2.31. The van der Waals surface area contributed by atoms with Gasteiger partial charge in [0.05, 0.1) is 12.7 Å². The van der Waals surface area contributed by atoms with Gasteiger partial charge in [-0.3, -0.25) is 4.90 Å². The van der Waals surface area contributed by atoms with Crippen molar-refractivity contribution in [3.05, 3.63) is 0 Å². The minimum Gasteiger partial charge on any atom is -0.394 e. The van der Waals surface area contributed by atoms with E-state index in [-0.39, 0.29) is 12.1 Å². The summed E-state index contributed by atoms with van der Waals surface area (Å²) in [7, 11) is 0. The van der Waals surface area contributed by atoms with Crippen molar-refractivity contribution in [2.24, 2.45) is 5.92 Å². The molecule has 1 rings (SSSR count). The molecule has 0 bridgehead atoms. The molecule has 3 heteroatoms. The minimum absolute atomic E-state index is 0.138. The van der Waals surface area contributed by atoms with Crippen LogP contribution in [0.3, 0.4) is 0 Å².